The van der Waals surface area contributed by atoms with Gasteiger partial charge in [0.15, 0.2) is 0 Å². The summed E-state index contributed by atoms with van der Waals surface area (Å²) in [6.45, 7) is 8.94. The van der Waals surface area contributed by atoms with E-state index in [9.17, 15) is 26.4 Å². The zero-order valence-electron chi connectivity index (χ0n) is 16.3. The molecule has 28 heavy (non-hydrogen) atoms. The third kappa shape index (κ3) is 5.09. The van der Waals surface area contributed by atoms with Crippen molar-refractivity contribution in [2.75, 3.05) is 0 Å². The molecular formula is C18H24F3NO5S. The van der Waals surface area contributed by atoms with Gasteiger partial charge < -0.3 is 13.8 Å². The molecule has 1 aliphatic heterocycles. The number of alkyl halides is 3. The molecule has 2 rings (SSSR count). The van der Waals surface area contributed by atoms with E-state index in [2.05, 4.69) is 4.18 Å². The van der Waals surface area contributed by atoms with Crippen LogP contribution in [0.5, 0.6) is 5.75 Å². The van der Waals surface area contributed by atoms with E-state index < -0.39 is 33.1 Å². The Bertz CT molecular complexity index is 846. The van der Waals surface area contributed by atoms with E-state index in [4.69, 9.17) is 4.74 Å². The van der Waals surface area contributed by atoms with Crippen molar-refractivity contribution in [3.63, 3.8) is 0 Å². The minimum Gasteiger partial charge on any atom is -0.444 e. The van der Waals surface area contributed by atoms with Crippen molar-refractivity contribution in [2.24, 2.45) is 0 Å². The summed E-state index contributed by atoms with van der Waals surface area (Å²) in [5, 5.41) is 0. The quantitative estimate of drug-likeness (QED) is 0.531. The van der Waals surface area contributed by atoms with Crippen LogP contribution in [0.15, 0.2) is 18.2 Å². The molecule has 1 aromatic rings. The van der Waals surface area contributed by atoms with Gasteiger partial charge >= 0.3 is 21.7 Å². The van der Waals surface area contributed by atoms with Crippen molar-refractivity contribution >= 4 is 16.2 Å². The Morgan fingerprint density at radius 1 is 1.07 bits per heavy atom. The first-order valence-electron chi connectivity index (χ1n) is 8.74. The highest BCUT2D eigenvalue weighted by atomic mass is 32.2. The van der Waals surface area contributed by atoms with Gasteiger partial charge in [-0.2, -0.15) is 21.6 Å². The average Bonchev–Trinajstić information content (AvgIpc) is 2.58. The van der Waals surface area contributed by atoms with Crippen LogP contribution in [-0.2, 0) is 27.7 Å². The van der Waals surface area contributed by atoms with Crippen molar-refractivity contribution in [1.29, 1.82) is 0 Å². The standard InChI is InChI=1S/C18H24F3NO5S/c1-11-8-13-6-7-15(27-28(24,25)18(19,20)21)10-14(13)9-12(2)22(11)16(23)26-17(3,4)5/h6-7,10-12H,8-9H2,1-5H3. The van der Waals surface area contributed by atoms with Crippen molar-refractivity contribution in [3.8, 4) is 5.75 Å². The first-order valence-corrected chi connectivity index (χ1v) is 10.2. The number of benzene rings is 1. The normalized spacial score (nSPS) is 20.9. The molecule has 1 aliphatic rings. The number of halogens is 3. The maximum atomic E-state index is 12.6. The summed E-state index contributed by atoms with van der Waals surface area (Å²) >= 11 is 0. The topological polar surface area (TPSA) is 72.9 Å². The van der Waals surface area contributed by atoms with Gasteiger partial charge in [0, 0.05) is 12.1 Å². The first-order chi connectivity index (χ1) is 12.6. The van der Waals surface area contributed by atoms with Crippen LogP contribution in [-0.4, -0.2) is 42.6 Å². The molecule has 0 saturated carbocycles. The number of nitrogens with zero attached hydrogens (tertiary/aromatic N) is 1. The predicted molar refractivity (Wildman–Crippen MR) is 96.4 cm³/mol. The average molecular weight is 423 g/mol. The van der Waals surface area contributed by atoms with Gasteiger partial charge in [-0.3, -0.25) is 0 Å². The summed E-state index contributed by atoms with van der Waals surface area (Å²) in [7, 11) is -5.74. The molecule has 1 aromatic carbocycles. The number of ether oxygens (including phenoxy) is 1. The van der Waals surface area contributed by atoms with E-state index in [-0.39, 0.29) is 12.1 Å². The molecular weight excluding hydrogens is 399 g/mol. The summed E-state index contributed by atoms with van der Waals surface area (Å²) in [6.07, 6.45) is 0.296. The number of fused-ring (bicyclic) bond motifs is 1. The number of rotatable bonds is 2. The van der Waals surface area contributed by atoms with Crippen LogP contribution in [0, 0.1) is 0 Å². The van der Waals surface area contributed by atoms with Crippen molar-refractivity contribution < 1.29 is 35.3 Å². The lowest BCUT2D eigenvalue weighted by Crippen LogP contribution is -2.47. The molecule has 0 radical (unpaired) electrons. The molecule has 1 amide bonds. The summed E-state index contributed by atoms with van der Waals surface area (Å²) in [6, 6.07) is 3.47. The molecule has 0 fully saturated rings. The Kier molecular flexibility index (Phi) is 5.94. The third-order valence-electron chi connectivity index (χ3n) is 4.25. The van der Waals surface area contributed by atoms with E-state index in [0.29, 0.717) is 18.4 Å². The minimum atomic E-state index is -5.74. The summed E-state index contributed by atoms with van der Waals surface area (Å²) < 4.78 is 69.8. The van der Waals surface area contributed by atoms with Gasteiger partial charge in [0.2, 0.25) is 0 Å². The molecule has 0 N–H and O–H groups in total. The number of carbonyl (C=O) groups excluding carboxylic acids is 1. The van der Waals surface area contributed by atoms with Gasteiger partial charge in [-0.15, -0.1) is 0 Å². The summed E-state index contributed by atoms with van der Waals surface area (Å²) in [4.78, 5) is 14.2. The Labute approximate surface area is 162 Å². The molecule has 0 bridgehead atoms. The van der Waals surface area contributed by atoms with Crippen LogP contribution in [0.2, 0.25) is 0 Å². The van der Waals surface area contributed by atoms with Crippen LogP contribution in [0.3, 0.4) is 0 Å². The largest absolute Gasteiger partial charge is 0.534 e. The highest BCUT2D eigenvalue weighted by Crippen LogP contribution is 2.31. The fourth-order valence-corrected chi connectivity index (χ4v) is 3.61. The van der Waals surface area contributed by atoms with Crippen molar-refractivity contribution in [2.45, 2.75) is 70.7 Å². The first kappa shape index (κ1) is 22.3. The monoisotopic (exact) mass is 423 g/mol. The van der Waals surface area contributed by atoms with Gasteiger partial charge in [0.05, 0.1) is 0 Å². The van der Waals surface area contributed by atoms with Gasteiger partial charge in [0.25, 0.3) is 0 Å². The number of hydrogen-bond acceptors (Lipinski definition) is 5. The minimum absolute atomic E-state index is 0.211. The predicted octanol–water partition coefficient (Wildman–Crippen LogP) is 4.03. The van der Waals surface area contributed by atoms with E-state index >= 15 is 0 Å². The smallest absolute Gasteiger partial charge is 0.444 e. The Balaban J connectivity index is 2.28. The van der Waals surface area contributed by atoms with Crippen LogP contribution < -0.4 is 4.18 Å². The molecule has 1 heterocycles. The second-order valence-corrected chi connectivity index (χ2v) is 9.45. The fraction of sp³-hybridized carbons (Fsp3) is 0.611. The molecule has 0 spiro atoms. The molecule has 2 unspecified atom stereocenters. The SMILES string of the molecule is CC1Cc2ccc(OS(=O)(=O)C(F)(F)F)cc2CC(C)N1C(=O)OC(C)(C)C. The summed E-state index contributed by atoms with van der Waals surface area (Å²) in [5.41, 5.74) is -4.74. The van der Waals surface area contributed by atoms with Gasteiger partial charge in [0.1, 0.15) is 11.4 Å². The highest BCUT2D eigenvalue weighted by Gasteiger charge is 2.48. The molecule has 0 aliphatic carbocycles. The van der Waals surface area contributed by atoms with Crippen LogP contribution in [0.25, 0.3) is 0 Å². The molecule has 6 nitrogen and oxygen atoms in total. The lowest BCUT2D eigenvalue weighted by atomic mass is 9.99. The third-order valence-corrected chi connectivity index (χ3v) is 5.23. The van der Waals surface area contributed by atoms with Gasteiger partial charge in [-0.05, 0) is 70.7 Å². The Hall–Kier alpha value is -1.97. The molecule has 0 saturated heterocycles. The molecule has 0 aromatic heterocycles. The molecule has 10 heteroatoms. The fourth-order valence-electron chi connectivity index (χ4n) is 3.16. The van der Waals surface area contributed by atoms with Crippen molar-refractivity contribution in [3.05, 3.63) is 29.3 Å². The maximum Gasteiger partial charge on any atom is 0.534 e. The van der Waals surface area contributed by atoms with Crippen LogP contribution in [0.4, 0.5) is 18.0 Å². The van der Waals surface area contributed by atoms with Crippen molar-refractivity contribution in [1.82, 2.24) is 4.90 Å². The molecule has 2 atom stereocenters. The van der Waals surface area contributed by atoms with E-state index in [1.807, 2.05) is 6.92 Å². The highest BCUT2D eigenvalue weighted by molar-refractivity contribution is 7.88. The second kappa shape index (κ2) is 7.46. The van der Waals surface area contributed by atoms with Gasteiger partial charge in [-0.1, -0.05) is 6.07 Å². The van der Waals surface area contributed by atoms with E-state index in [0.717, 1.165) is 5.56 Å². The summed E-state index contributed by atoms with van der Waals surface area (Å²) in [5.74, 6) is -0.415. The van der Waals surface area contributed by atoms with Crippen LogP contribution in [0.1, 0.15) is 45.7 Å². The van der Waals surface area contributed by atoms with Crippen LogP contribution >= 0.6 is 0 Å². The lowest BCUT2D eigenvalue weighted by Gasteiger charge is -2.34. The number of carbonyl (C=O) groups is 1. The Morgan fingerprint density at radius 3 is 2.11 bits per heavy atom. The van der Waals surface area contributed by atoms with Gasteiger partial charge in [-0.25, -0.2) is 4.79 Å². The number of hydrogen-bond donors (Lipinski definition) is 0. The maximum absolute atomic E-state index is 12.6. The lowest BCUT2D eigenvalue weighted by molar-refractivity contribution is -0.0500. The van der Waals surface area contributed by atoms with E-state index in [1.54, 1.807) is 32.6 Å². The zero-order chi connectivity index (χ0) is 21.5. The molecule has 158 valence electrons. The second-order valence-electron chi connectivity index (χ2n) is 7.91. The Morgan fingerprint density at radius 2 is 1.61 bits per heavy atom. The number of amides is 1. The zero-order valence-corrected chi connectivity index (χ0v) is 17.1. The van der Waals surface area contributed by atoms with E-state index in [1.165, 1.54) is 18.2 Å².